The summed E-state index contributed by atoms with van der Waals surface area (Å²) in [6.07, 6.45) is 8.79. The fourth-order valence-electron chi connectivity index (χ4n) is 6.90. The highest BCUT2D eigenvalue weighted by atomic mass is 16.5. The number of esters is 1. The van der Waals surface area contributed by atoms with Crippen LogP contribution in [0, 0.1) is 11.3 Å². The second-order valence-electron chi connectivity index (χ2n) is 12.5. The van der Waals surface area contributed by atoms with Crippen LogP contribution in [0.2, 0.25) is 0 Å². The van der Waals surface area contributed by atoms with Gasteiger partial charge in [-0.25, -0.2) is 4.98 Å². The van der Waals surface area contributed by atoms with Crippen LogP contribution < -0.4 is 15.2 Å². The summed E-state index contributed by atoms with van der Waals surface area (Å²) < 4.78 is 17.3. The first-order chi connectivity index (χ1) is 21.8. The van der Waals surface area contributed by atoms with Crippen molar-refractivity contribution >= 4 is 28.6 Å². The topological polar surface area (TPSA) is 121 Å². The van der Waals surface area contributed by atoms with Crippen LogP contribution in [0.3, 0.4) is 0 Å². The lowest BCUT2D eigenvalue weighted by atomic mass is 9.92. The third-order valence-corrected chi connectivity index (χ3v) is 9.55. The molecule has 0 spiro atoms. The maximum atomic E-state index is 14.0. The number of carbonyl (C=O) groups is 3. The summed E-state index contributed by atoms with van der Waals surface area (Å²) in [6.45, 7) is 0.220. The van der Waals surface area contributed by atoms with Crippen molar-refractivity contribution in [3.05, 3.63) is 66.7 Å². The molecule has 1 aliphatic carbocycles. The van der Waals surface area contributed by atoms with Gasteiger partial charge in [0.25, 0.3) is 0 Å². The van der Waals surface area contributed by atoms with E-state index in [4.69, 9.17) is 24.9 Å². The van der Waals surface area contributed by atoms with Crippen molar-refractivity contribution in [1.29, 1.82) is 0 Å². The normalized spacial score (nSPS) is 27.9. The fraction of sp³-hybridized carbons (Fsp3) is 0.444. The molecule has 2 fully saturated rings. The largest absolute Gasteiger partial charge is 0.497 e. The van der Waals surface area contributed by atoms with E-state index < -0.39 is 23.6 Å². The highest BCUT2D eigenvalue weighted by molar-refractivity contribution is 5.96. The summed E-state index contributed by atoms with van der Waals surface area (Å²) in [5.74, 6) is 0.457. The monoisotopic (exact) mass is 611 g/mol. The summed E-state index contributed by atoms with van der Waals surface area (Å²) in [5, 5.41) is 0.798. The highest BCUT2D eigenvalue weighted by Crippen LogP contribution is 2.57. The van der Waals surface area contributed by atoms with E-state index in [-0.39, 0.29) is 36.5 Å². The van der Waals surface area contributed by atoms with E-state index in [1.54, 1.807) is 12.0 Å². The number of hydrogen-bond acceptors (Lipinski definition) is 8. The van der Waals surface area contributed by atoms with Gasteiger partial charge in [-0.3, -0.25) is 14.4 Å². The number of rotatable bonds is 5. The summed E-state index contributed by atoms with van der Waals surface area (Å²) in [5.41, 5.74) is 7.92. The molecular weight excluding hydrogens is 570 g/mol. The lowest BCUT2D eigenvalue weighted by Crippen LogP contribution is -2.49. The molecule has 3 heterocycles. The molecule has 1 saturated heterocycles. The Balaban J connectivity index is 1.32. The number of nitrogens with zero attached hydrogens (tertiary/aromatic N) is 2. The molecule has 1 saturated carbocycles. The van der Waals surface area contributed by atoms with Gasteiger partial charge in [-0.1, -0.05) is 55.3 Å². The Morgan fingerprint density at radius 2 is 1.87 bits per heavy atom. The Bertz CT molecular complexity index is 1610. The summed E-state index contributed by atoms with van der Waals surface area (Å²) in [7, 11) is 2.98. The number of benzene rings is 2. The maximum Gasteiger partial charge on any atom is 0.312 e. The van der Waals surface area contributed by atoms with E-state index in [0.717, 1.165) is 42.3 Å². The molecule has 1 aromatic heterocycles. The fourth-order valence-corrected chi connectivity index (χ4v) is 6.90. The number of pyridine rings is 1. The van der Waals surface area contributed by atoms with Crippen molar-refractivity contribution in [2.75, 3.05) is 20.8 Å². The summed E-state index contributed by atoms with van der Waals surface area (Å²) in [6, 6.07) is 15.9. The minimum Gasteiger partial charge on any atom is -0.497 e. The SMILES string of the molecule is COC(=O)[C@]12CC(=O)[C@@H]3C[C@@H](Oc4cc(-c5ccccc5)nc5cc(OC)ccc45)CN3C(=O)[C@@H](N)CCCCC/C=C\[C@@H]1C2. The lowest BCUT2D eigenvalue weighted by molar-refractivity contribution is -0.150. The minimum absolute atomic E-state index is 0.0151. The molecule has 9 heteroatoms. The van der Waals surface area contributed by atoms with Gasteiger partial charge in [0, 0.05) is 35.9 Å². The molecule has 3 aromatic rings. The predicted octanol–water partition coefficient (Wildman–Crippen LogP) is 5.24. The number of methoxy groups -OCH3 is 2. The van der Waals surface area contributed by atoms with Gasteiger partial charge in [0.1, 0.15) is 17.6 Å². The molecule has 236 valence electrons. The second-order valence-corrected chi connectivity index (χ2v) is 12.5. The average molecular weight is 612 g/mol. The smallest absolute Gasteiger partial charge is 0.312 e. The average Bonchev–Trinajstić information content (AvgIpc) is 3.59. The van der Waals surface area contributed by atoms with Gasteiger partial charge in [0.2, 0.25) is 5.91 Å². The quantitative estimate of drug-likeness (QED) is 0.307. The lowest BCUT2D eigenvalue weighted by Gasteiger charge is -2.27. The van der Waals surface area contributed by atoms with E-state index in [1.807, 2.05) is 54.6 Å². The van der Waals surface area contributed by atoms with Crippen LogP contribution >= 0.6 is 0 Å². The van der Waals surface area contributed by atoms with Crippen molar-refractivity contribution in [2.45, 2.75) is 69.6 Å². The molecule has 45 heavy (non-hydrogen) atoms. The van der Waals surface area contributed by atoms with Gasteiger partial charge in [-0.05, 0) is 43.7 Å². The van der Waals surface area contributed by atoms with Crippen molar-refractivity contribution < 1.29 is 28.6 Å². The van der Waals surface area contributed by atoms with E-state index in [2.05, 4.69) is 12.2 Å². The van der Waals surface area contributed by atoms with Crippen LogP contribution in [0.1, 0.15) is 51.4 Å². The Morgan fingerprint density at radius 1 is 1.04 bits per heavy atom. The van der Waals surface area contributed by atoms with Crippen LogP contribution in [-0.2, 0) is 19.1 Å². The number of amides is 1. The molecule has 0 bridgehead atoms. The second kappa shape index (κ2) is 13.0. The molecule has 2 aliphatic heterocycles. The molecule has 0 radical (unpaired) electrons. The van der Waals surface area contributed by atoms with Gasteiger partial charge in [-0.2, -0.15) is 0 Å². The Labute approximate surface area is 263 Å². The van der Waals surface area contributed by atoms with Gasteiger partial charge >= 0.3 is 5.97 Å². The number of allylic oxidation sites excluding steroid dienone is 2. The first kappa shape index (κ1) is 30.8. The van der Waals surface area contributed by atoms with Crippen LogP contribution in [0.15, 0.2) is 66.7 Å². The molecule has 2 aromatic carbocycles. The third-order valence-electron chi connectivity index (χ3n) is 9.55. The van der Waals surface area contributed by atoms with Crippen LogP contribution in [0.4, 0.5) is 0 Å². The summed E-state index contributed by atoms with van der Waals surface area (Å²) in [4.78, 5) is 47.2. The molecule has 5 atom stereocenters. The van der Waals surface area contributed by atoms with E-state index in [9.17, 15) is 14.4 Å². The molecule has 0 unspecified atom stereocenters. The molecule has 3 aliphatic rings. The number of fused-ring (bicyclic) bond motifs is 3. The molecule has 2 N–H and O–H groups in total. The van der Waals surface area contributed by atoms with Gasteiger partial charge in [0.15, 0.2) is 5.78 Å². The number of nitrogens with two attached hydrogens (primary N) is 1. The number of Topliss-reactive ketones (excluding diaryl/α,β-unsaturated/α-hetero) is 1. The number of aromatic nitrogens is 1. The third kappa shape index (κ3) is 6.31. The van der Waals surface area contributed by atoms with Gasteiger partial charge in [-0.15, -0.1) is 0 Å². The van der Waals surface area contributed by atoms with Crippen molar-refractivity contribution in [1.82, 2.24) is 9.88 Å². The molecule has 6 rings (SSSR count). The first-order valence-corrected chi connectivity index (χ1v) is 15.9. The Kier molecular flexibility index (Phi) is 8.90. The zero-order valence-electron chi connectivity index (χ0n) is 25.9. The van der Waals surface area contributed by atoms with E-state index >= 15 is 0 Å². The Hall–Kier alpha value is -4.24. The number of ketones is 1. The van der Waals surface area contributed by atoms with Crippen LogP contribution in [0.5, 0.6) is 11.5 Å². The standard InChI is InChI=1S/C36H41N3O6/c1-43-25-15-16-27-30(17-25)38-29(23-11-7-6-8-12-23)19-33(27)45-26-18-31-32(40)21-36(35(42)44-2)20-24(36)13-9-4-3-5-10-14-28(37)34(41)39(31)22-26/h6-9,11-13,15-17,19,24,26,28,31H,3-5,10,14,18,20-22,37H2,1-2H3/b13-9-/t24-,26-,28+,31+,36-/m1/s1. The number of carbonyl (C=O) groups excluding carboxylic acids is 3. The molecule has 9 nitrogen and oxygen atoms in total. The van der Waals surface area contributed by atoms with Crippen LogP contribution in [-0.4, -0.2) is 66.5 Å². The zero-order chi connectivity index (χ0) is 31.6. The number of ether oxygens (including phenoxy) is 3. The molecular formula is C36H41N3O6. The van der Waals surface area contributed by atoms with Crippen molar-refractivity contribution in [3.8, 4) is 22.8 Å². The van der Waals surface area contributed by atoms with Crippen molar-refractivity contribution in [2.24, 2.45) is 17.1 Å². The zero-order valence-corrected chi connectivity index (χ0v) is 25.9. The minimum atomic E-state index is -0.886. The Morgan fingerprint density at radius 3 is 2.64 bits per heavy atom. The maximum absolute atomic E-state index is 14.0. The van der Waals surface area contributed by atoms with E-state index in [0.29, 0.717) is 36.3 Å². The first-order valence-electron chi connectivity index (χ1n) is 15.9. The van der Waals surface area contributed by atoms with E-state index in [1.165, 1.54) is 7.11 Å². The van der Waals surface area contributed by atoms with Gasteiger partial charge in [0.05, 0.1) is 49.5 Å². The highest BCUT2D eigenvalue weighted by Gasteiger charge is 2.61. The molecule has 1 amide bonds. The van der Waals surface area contributed by atoms with Gasteiger partial charge < -0.3 is 24.8 Å². The van der Waals surface area contributed by atoms with Crippen molar-refractivity contribution in [3.63, 3.8) is 0 Å². The van der Waals surface area contributed by atoms with Crippen LogP contribution in [0.25, 0.3) is 22.2 Å². The summed E-state index contributed by atoms with van der Waals surface area (Å²) >= 11 is 0. The predicted molar refractivity (Wildman–Crippen MR) is 171 cm³/mol. The number of hydrogen-bond donors (Lipinski definition) is 1.